The van der Waals surface area contributed by atoms with Crippen LogP contribution < -0.4 is 27.8 Å². The molecule has 15 heteroatoms. The number of aliphatic hydroxyl groups excluding tert-OH is 1. The predicted molar refractivity (Wildman–Crippen MR) is 123 cm³/mol. The molecule has 1 aliphatic rings. The minimum atomic E-state index is -1.50. The monoisotopic (exact) mass is 501 g/mol. The van der Waals surface area contributed by atoms with Crippen LogP contribution in [0.1, 0.15) is 45.4 Å². The molecule has 5 unspecified atom stereocenters. The van der Waals surface area contributed by atoms with Crippen LogP contribution in [0.3, 0.4) is 0 Å². The zero-order valence-corrected chi connectivity index (χ0v) is 19.6. The van der Waals surface area contributed by atoms with Crippen LogP contribution in [-0.4, -0.2) is 99.2 Å². The van der Waals surface area contributed by atoms with Crippen LogP contribution in [0.15, 0.2) is 4.99 Å². The number of guanidine groups is 1. The minimum Gasteiger partial charge on any atom is -0.481 e. The Balaban J connectivity index is 2.90. The zero-order chi connectivity index (χ0) is 26.7. The summed E-state index contributed by atoms with van der Waals surface area (Å²) in [4.78, 5) is 65.6. The number of aliphatic hydroxyl groups is 1. The van der Waals surface area contributed by atoms with E-state index in [-0.39, 0.29) is 38.3 Å². The molecule has 1 heterocycles. The summed E-state index contributed by atoms with van der Waals surface area (Å²) in [5.41, 5.74) is 16.3. The maximum absolute atomic E-state index is 12.9. The Bertz CT molecular complexity index is 815. The summed E-state index contributed by atoms with van der Waals surface area (Å²) in [5.74, 6) is -4.98. The van der Waals surface area contributed by atoms with Crippen molar-refractivity contribution in [1.82, 2.24) is 15.5 Å². The summed E-state index contributed by atoms with van der Waals surface area (Å²) in [6, 6.07) is -5.00. The smallest absolute Gasteiger partial charge is 0.326 e. The van der Waals surface area contributed by atoms with Gasteiger partial charge in [0.2, 0.25) is 17.7 Å². The molecular weight excluding hydrogens is 466 g/mol. The molecule has 0 bridgehead atoms. The summed E-state index contributed by atoms with van der Waals surface area (Å²) in [6.07, 6.45) is -0.945. The van der Waals surface area contributed by atoms with E-state index in [1.165, 1.54) is 6.92 Å². The van der Waals surface area contributed by atoms with Gasteiger partial charge in [0.1, 0.15) is 18.1 Å². The van der Waals surface area contributed by atoms with Gasteiger partial charge in [0, 0.05) is 19.5 Å². The number of amides is 3. The van der Waals surface area contributed by atoms with Crippen molar-refractivity contribution >= 4 is 35.6 Å². The second-order valence-corrected chi connectivity index (χ2v) is 8.30. The van der Waals surface area contributed by atoms with Gasteiger partial charge >= 0.3 is 11.9 Å². The van der Waals surface area contributed by atoms with Crippen LogP contribution in [0, 0.1) is 0 Å². The summed E-state index contributed by atoms with van der Waals surface area (Å²) < 4.78 is 0. The molecule has 35 heavy (non-hydrogen) atoms. The van der Waals surface area contributed by atoms with Crippen molar-refractivity contribution in [3.05, 3.63) is 0 Å². The molecule has 0 aliphatic carbocycles. The number of aliphatic carboxylic acids is 2. The molecule has 0 aromatic heterocycles. The molecule has 5 atom stereocenters. The van der Waals surface area contributed by atoms with Crippen molar-refractivity contribution in [3.8, 4) is 0 Å². The van der Waals surface area contributed by atoms with Gasteiger partial charge in [-0.2, -0.15) is 0 Å². The Labute approximate surface area is 202 Å². The van der Waals surface area contributed by atoms with Gasteiger partial charge in [0.05, 0.1) is 12.1 Å². The summed E-state index contributed by atoms with van der Waals surface area (Å²) >= 11 is 0. The van der Waals surface area contributed by atoms with Crippen LogP contribution in [0.4, 0.5) is 0 Å². The topological polar surface area (TPSA) is 264 Å². The molecule has 1 rings (SSSR count). The molecule has 15 nitrogen and oxygen atoms in total. The van der Waals surface area contributed by atoms with E-state index in [0.717, 1.165) is 4.90 Å². The average molecular weight is 502 g/mol. The second-order valence-electron chi connectivity index (χ2n) is 8.30. The van der Waals surface area contributed by atoms with Crippen molar-refractivity contribution in [2.75, 3.05) is 13.1 Å². The number of nitrogens with zero attached hydrogens (tertiary/aromatic N) is 2. The Kier molecular flexibility index (Phi) is 11.9. The van der Waals surface area contributed by atoms with Gasteiger partial charge in [-0.3, -0.25) is 24.2 Å². The maximum Gasteiger partial charge on any atom is 0.326 e. The van der Waals surface area contributed by atoms with Crippen molar-refractivity contribution in [1.29, 1.82) is 0 Å². The zero-order valence-electron chi connectivity index (χ0n) is 19.6. The standard InChI is InChI=1S/C20H35N7O8/c1-10(28)15(18(33)27-9-3-5-13(27)19(34)35)26-17(32)12(6-7-14(29)30)25-16(31)11(21)4-2-8-24-20(22)23/h10-13,15,28H,2-9,21H2,1H3,(H,25,31)(H,26,32)(H,29,30)(H,34,35)(H4,22,23,24). The normalized spacial score (nSPS) is 18.6. The number of likely N-dealkylation sites (tertiary alicyclic amines) is 1. The number of hydrogen-bond donors (Lipinski definition) is 8. The molecular formula is C20H35N7O8. The highest BCUT2D eigenvalue weighted by molar-refractivity contribution is 5.94. The molecule has 11 N–H and O–H groups in total. The Morgan fingerprint density at radius 3 is 2.29 bits per heavy atom. The first-order chi connectivity index (χ1) is 16.3. The molecule has 0 aromatic rings. The largest absolute Gasteiger partial charge is 0.481 e. The number of carbonyl (C=O) groups excluding carboxylic acids is 3. The number of nitrogens with two attached hydrogens (primary N) is 3. The van der Waals surface area contributed by atoms with Crippen LogP contribution in [0.2, 0.25) is 0 Å². The number of nitrogens with one attached hydrogen (secondary N) is 2. The van der Waals surface area contributed by atoms with Crippen molar-refractivity contribution in [2.45, 2.75) is 75.7 Å². The van der Waals surface area contributed by atoms with E-state index >= 15 is 0 Å². The van der Waals surface area contributed by atoms with E-state index < -0.39 is 66.4 Å². The first kappa shape index (κ1) is 29.6. The van der Waals surface area contributed by atoms with Crippen molar-refractivity contribution < 1.29 is 39.3 Å². The third kappa shape index (κ3) is 9.74. The maximum atomic E-state index is 12.9. The van der Waals surface area contributed by atoms with Gasteiger partial charge in [-0.15, -0.1) is 0 Å². The first-order valence-corrected chi connectivity index (χ1v) is 11.2. The van der Waals surface area contributed by atoms with E-state index in [2.05, 4.69) is 15.6 Å². The molecule has 0 aromatic carbocycles. The van der Waals surface area contributed by atoms with E-state index in [0.29, 0.717) is 12.8 Å². The van der Waals surface area contributed by atoms with Crippen LogP contribution >= 0.6 is 0 Å². The van der Waals surface area contributed by atoms with E-state index in [9.17, 15) is 34.2 Å². The molecule has 1 fully saturated rings. The minimum absolute atomic E-state index is 0.112. The van der Waals surface area contributed by atoms with Crippen LogP contribution in [0.5, 0.6) is 0 Å². The predicted octanol–water partition coefficient (Wildman–Crippen LogP) is -3.34. The van der Waals surface area contributed by atoms with Gasteiger partial charge in [0.15, 0.2) is 5.96 Å². The second kappa shape index (κ2) is 14.1. The summed E-state index contributed by atoms with van der Waals surface area (Å²) in [6.45, 7) is 1.62. The lowest BCUT2D eigenvalue weighted by Gasteiger charge is -2.30. The lowest BCUT2D eigenvalue weighted by atomic mass is 10.1. The Morgan fingerprint density at radius 2 is 1.74 bits per heavy atom. The molecule has 3 amide bonds. The lowest BCUT2D eigenvalue weighted by Crippen LogP contribution is -2.59. The lowest BCUT2D eigenvalue weighted by molar-refractivity contribution is -0.150. The highest BCUT2D eigenvalue weighted by Crippen LogP contribution is 2.19. The van der Waals surface area contributed by atoms with E-state index in [1.54, 1.807) is 0 Å². The molecule has 1 saturated heterocycles. The number of aliphatic imine (C=N–C) groups is 1. The quantitative estimate of drug-likeness (QED) is 0.0662. The molecule has 198 valence electrons. The summed E-state index contributed by atoms with van der Waals surface area (Å²) in [5, 5.41) is 33.1. The van der Waals surface area contributed by atoms with Gasteiger partial charge in [-0.25, -0.2) is 4.79 Å². The number of carboxylic acids is 2. The van der Waals surface area contributed by atoms with Gasteiger partial charge in [0.25, 0.3) is 0 Å². The number of carbonyl (C=O) groups is 5. The van der Waals surface area contributed by atoms with Crippen molar-refractivity contribution in [3.63, 3.8) is 0 Å². The van der Waals surface area contributed by atoms with Crippen LogP contribution in [0.25, 0.3) is 0 Å². The highest BCUT2D eigenvalue weighted by Gasteiger charge is 2.40. The number of hydrogen-bond acceptors (Lipinski definition) is 8. The molecule has 1 aliphatic heterocycles. The number of carboxylic acid groups (broad SMARTS) is 2. The fraction of sp³-hybridized carbons (Fsp3) is 0.700. The Morgan fingerprint density at radius 1 is 1.09 bits per heavy atom. The molecule has 0 saturated carbocycles. The van der Waals surface area contributed by atoms with E-state index in [4.69, 9.17) is 22.3 Å². The van der Waals surface area contributed by atoms with Gasteiger partial charge in [-0.05, 0) is 39.0 Å². The van der Waals surface area contributed by atoms with Crippen LogP contribution in [-0.2, 0) is 24.0 Å². The van der Waals surface area contributed by atoms with E-state index in [1.807, 2.05) is 0 Å². The fourth-order valence-electron chi connectivity index (χ4n) is 3.57. The van der Waals surface area contributed by atoms with Gasteiger partial charge in [-0.1, -0.05) is 0 Å². The SMILES string of the molecule is CC(O)C(NC(=O)C(CCC(=O)O)NC(=O)C(N)CCCN=C(N)N)C(=O)N1CCCC1C(=O)O. The molecule has 0 radical (unpaired) electrons. The fourth-order valence-corrected chi connectivity index (χ4v) is 3.57. The number of rotatable bonds is 14. The average Bonchev–Trinajstić information content (AvgIpc) is 3.26. The first-order valence-electron chi connectivity index (χ1n) is 11.2. The van der Waals surface area contributed by atoms with Gasteiger partial charge < -0.3 is 48.1 Å². The third-order valence-electron chi connectivity index (χ3n) is 5.45. The Hall–Kier alpha value is -3.46. The molecule has 0 spiro atoms. The highest BCUT2D eigenvalue weighted by atomic mass is 16.4. The summed E-state index contributed by atoms with van der Waals surface area (Å²) in [7, 11) is 0. The van der Waals surface area contributed by atoms with Crippen molar-refractivity contribution in [2.24, 2.45) is 22.2 Å². The third-order valence-corrected chi connectivity index (χ3v) is 5.45.